The first-order chi connectivity index (χ1) is 10.7. The van der Waals surface area contributed by atoms with Gasteiger partial charge in [-0.25, -0.2) is 4.79 Å². The number of aliphatic hydroxyl groups is 1. The van der Waals surface area contributed by atoms with Crippen molar-refractivity contribution in [3.05, 3.63) is 23.8 Å². The van der Waals surface area contributed by atoms with Crippen LogP contribution in [0.3, 0.4) is 0 Å². The Labute approximate surface area is 131 Å². The van der Waals surface area contributed by atoms with Gasteiger partial charge in [-0.1, -0.05) is 0 Å². The summed E-state index contributed by atoms with van der Waals surface area (Å²) in [4.78, 5) is 16.4. The zero-order valence-electron chi connectivity index (χ0n) is 13.2. The number of carbonyl (C=O) groups excluding carboxylic acids is 1. The Balaban J connectivity index is 1.62. The number of anilines is 2. The summed E-state index contributed by atoms with van der Waals surface area (Å²) in [6.07, 6.45) is 4.01. The minimum atomic E-state index is -0.0273. The van der Waals surface area contributed by atoms with Gasteiger partial charge < -0.3 is 20.2 Å². The van der Waals surface area contributed by atoms with Gasteiger partial charge in [0.15, 0.2) is 0 Å². The average Bonchev–Trinajstić information content (AvgIpc) is 2.55. The van der Waals surface area contributed by atoms with E-state index in [4.69, 9.17) is 5.11 Å². The van der Waals surface area contributed by atoms with E-state index in [1.54, 1.807) is 0 Å². The number of likely N-dealkylation sites (tertiary alicyclic amines) is 1. The van der Waals surface area contributed by atoms with Crippen LogP contribution in [0, 0.1) is 5.92 Å². The Bertz CT molecular complexity index is 539. The standard InChI is InChI=1S/C17H25N3O2/c1-19-8-2-3-14-11-15(4-5-16(14)19)18-17(22)20-9-6-13(12-21)7-10-20/h4-5,11,13,21H,2-3,6-10,12H2,1H3,(H,18,22). The number of hydrogen-bond acceptors (Lipinski definition) is 3. The molecule has 22 heavy (non-hydrogen) atoms. The summed E-state index contributed by atoms with van der Waals surface area (Å²) in [5.41, 5.74) is 3.46. The SMILES string of the molecule is CN1CCCc2cc(NC(=O)N3CCC(CO)CC3)ccc21. The molecule has 1 aromatic rings. The van der Waals surface area contributed by atoms with E-state index in [-0.39, 0.29) is 12.6 Å². The minimum absolute atomic E-state index is 0.0273. The van der Waals surface area contributed by atoms with Gasteiger partial charge >= 0.3 is 6.03 Å². The van der Waals surface area contributed by atoms with E-state index in [0.29, 0.717) is 5.92 Å². The van der Waals surface area contributed by atoms with Crippen LogP contribution < -0.4 is 10.2 Å². The fourth-order valence-electron chi connectivity index (χ4n) is 3.38. The third-order valence-electron chi connectivity index (χ3n) is 4.84. The van der Waals surface area contributed by atoms with Crippen molar-refractivity contribution < 1.29 is 9.90 Å². The second-order valence-corrected chi connectivity index (χ2v) is 6.41. The van der Waals surface area contributed by atoms with Gasteiger partial charge in [0, 0.05) is 44.7 Å². The molecule has 0 bridgehead atoms. The second-order valence-electron chi connectivity index (χ2n) is 6.41. The Hall–Kier alpha value is -1.75. The molecular weight excluding hydrogens is 278 g/mol. The molecule has 2 amide bonds. The summed E-state index contributed by atoms with van der Waals surface area (Å²) in [5.74, 6) is 0.350. The molecule has 0 radical (unpaired) electrons. The summed E-state index contributed by atoms with van der Waals surface area (Å²) < 4.78 is 0. The average molecular weight is 303 g/mol. The van der Waals surface area contributed by atoms with Gasteiger partial charge in [0.05, 0.1) is 0 Å². The fourth-order valence-corrected chi connectivity index (χ4v) is 3.38. The van der Waals surface area contributed by atoms with E-state index in [2.05, 4.69) is 29.4 Å². The van der Waals surface area contributed by atoms with Crippen molar-refractivity contribution in [3.63, 3.8) is 0 Å². The van der Waals surface area contributed by atoms with Crippen LogP contribution in [0.2, 0.25) is 0 Å². The van der Waals surface area contributed by atoms with Crippen molar-refractivity contribution in [3.8, 4) is 0 Å². The zero-order valence-corrected chi connectivity index (χ0v) is 13.2. The molecule has 5 nitrogen and oxygen atoms in total. The van der Waals surface area contributed by atoms with Gasteiger partial charge in [-0.3, -0.25) is 0 Å². The van der Waals surface area contributed by atoms with Crippen molar-refractivity contribution >= 4 is 17.4 Å². The fraction of sp³-hybridized carbons (Fsp3) is 0.588. The Morgan fingerprint density at radius 1 is 1.32 bits per heavy atom. The van der Waals surface area contributed by atoms with Gasteiger partial charge in [-0.2, -0.15) is 0 Å². The molecule has 3 rings (SSSR count). The molecule has 0 aromatic heterocycles. The topological polar surface area (TPSA) is 55.8 Å². The van der Waals surface area contributed by atoms with Crippen LogP contribution in [0.25, 0.3) is 0 Å². The van der Waals surface area contributed by atoms with Crippen molar-refractivity contribution in [2.24, 2.45) is 5.92 Å². The van der Waals surface area contributed by atoms with Crippen LogP contribution in [0.4, 0.5) is 16.2 Å². The van der Waals surface area contributed by atoms with Crippen molar-refractivity contribution in [2.45, 2.75) is 25.7 Å². The highest BCUT2D eigenvalue weighted by atomic mass is 16.3. The van der Waals surface area contributed by atoms with Crippen LogP contribution in [0.5, 0.6) is 0 Å². The summed E-state index contributed by atoms with van der Waals surface area (Å²) in [7, 11) is 2.11. The van der Waals surface area contributed by atoms with Crippen molar-refractivity contribution in [1.29, 1.82) is 0 Å². The Morgan fingerprint density at radius 2 is 2.09 bits per heavy atom. The minimum Gasteiger partial charge on any atom is -0.396 e. The molecule has 2 aliphatic rings. The summed E-state index contributed by atoms with van der Waals surface area (Å²) >= 11 is 0. The molecule has 2 aliphatic heterocycles. The highest BCUT2D eigenvalue weighted by Crippen LogP contribution is 2.28. The molecule has 2 N–H and O–H groups in total. The number of rotatable bonds is 2. The smallest absolute Gasteiger partial charge is 0.321 e. The predicted octanol–water partition coefficient (Wildman–Crippen LogP) is 2.31. The number of piperidine rings is 1. The quantitative estimate of drug-likeness (QED) is 0.881. The number of aryl methyl sites for hydroxylation is 1. The number of benzene rings is 1. The lowest BCUT2D eigenvalue weighted by molar-refractivity contribution is 0.143. The molecule has 0 unspecified atom stereocenters. The number of fused-ring (bicyclic) bond motifs is 1. The molecule has 1 saturated heterocycles. The first-order valence-corrected chi connectivity index (χ1v) is 8.18. The first kappa shape index (κ1) is 15.2. The molecule has 0 atom stereocenters. The maximum Gasteiger partial charge on any atom is 0.321 e. The number of hydrogen-bond donors (Lipinski definition) is 2. The third-order valence-corrected chi connectivity index (χ3v) is 4.84. The van der Waals surface area contributed by atoms with E-state index < -0.39 is 0 Å². The highest BCUT2D eigenvalue weighted by Gasteiger charge is 2.22. The maximum atomic E-state index is 12.3. The molecule has 2 heterocycles. The summed E-state index contributed by atoms with van der Waals surface area (Å²) in [6, 6.07) is 6.16. The normalized spacial score (nSPS) is 19.0. The van der Waals surface area contributed by atoms with E-state index in [9.17, 15) is 4.79 Å². The molecule has 0 aliphatic carbocycles. The number of carbonyl (C=O) groups is 1. The van der Waals surface area contributed by atoms with Crippen LogP contribution in [-0.2, 0) is 6.42 Å². The largest absolute Gasteiger partial charge is 0.396 e. The molecule has 0 spiro atoms. The van der Waals surface area contributed by atoms with E-state index in [1.807, 2.05) is 11.0 Å². The van der Waals surface area contributed by atoms with Crippen LogP contribution in [0.15, 0.2) is 18.2 Å². The summed E-state index contributed by atoms with van der Waals surface area (Å²) in [5, 5.41) is 12.2. The van der Waals surface area contributed by atoms with Gasteiger partial charge in [-0.05, 0) is 55.4 Å². The third kappa shape index (κ3) is 3.19. The monoisotopic (exact) mass is 303 g/mol. The lowest BCUT2D eigenvalue weighted by atomic mass is 9.98. The van der Waals surface area contributed by atoms with E-state index in [1.165, 1.54) is 11.3 Å². The van der Waals surface area contributed by atoms with Crippen LogP contribution in [0.1, 0.15) is 24.8 Å². The van der Waals surface area contributed by atoms with Crippen molar-refractivity contribution in [2.75, 3.05) is 43.5 Å². The molecule has 1 aromatic carbocycles. The molecule has 5 heteroatoms. The lowest BCUT2D eigenvalue weighted by Crippen LogP contribution is -2.41. The number of nitrogens with zero attached hydrogens (tertiary/aromatic N) is 2. The van der Waals surface area contributed by atoms with Gasteiger partial charge in [-0.15, -0.1) is 0 Å². The number of aliphatic hydroxyl groups excluding tert-OH is 1. The predicted molar refractivity (Wildman–Crippen MR) is 88.4 cm³/mol. The van der Waals surface area contributed by atoms with E-state index >= 15 is 0 Å². The highest BCUT2D eigenvalue weighted by molar-refractivity contribution is 5.90. The lowest BCUT2D eigenvalue weighted by Gasteiger charge is -2.31. The number of nitrogens with one attached hydrogen (secondary N) is 1. The first-order valence-electron chi connectivity index (χ1n) is 8.18. The van der Waals surface area contributed by atoms with Crippen molar-refractivity contribution in [1.82, 2.24) is 4.90 Å². The van der Waals surface area contributed by atoms with Crippen LogP contribution >= 0.6 is 0 Å². The molecule has 0 saturated carbocycles. The van der Waals surface area contributed by atoms with Gasteiger partial charge in [0.2, 0.25) is 0 Å². The van der Waals surface area contributed by atoms with E-state index in [0.717, 1.165) is 51.0 Å². The second kappa shape index (κ2) is 6.57. The Kier molecular flexibility index (Phi) is 4.52. The number of amides is 2. The van der Waals surface area contributed by atoms with Crippen LogP contribution in [-0.4, -0.2) is 49.3 Å². The number of urea groups is 1. The molecule has 1 fully saturated rings. The van der Waals surface area contributed by atoms with Gasteiger partial charge in [0.1, 0.15) is 0 Å². The molecular formula is C17H25N3O2. The maximum absolute atomic E-state index is 12.3. The zero-order chi connectivity index (χ0) is 15.5. The molecule has 120 valence electrons. The van der Waals surface area contributed by atoms with Gasteiger partial charge in [0.25, 0.3) is 0 Å². The Morgan fingerprint density at radius 3 is 2.82 bits per heavy atom. The summed E-state index contributed by atoms with van der Waals surface area (Å²) in [6.45, 7) is 2.78.